The summed E-state index contributed by atoms with van der Waals surface area (Å²) in [6.07, 6.45) is 4.70. The number of nitrogens with two attached hydrogens (primary N) is 2. The topological polar surface area (TPSA) is 247 Å². The van der Waals surface area contributed by atoms with Gasteiger partial charge in [0.05, 0.1) is 18.1 Å². The number of nitrogens with zero attached hydrogens (tertiary/aromatic N) is 2. The summed E-state index contributed by atoms with van der Waals surface area (Å²) in [6.45, 7) is 26.7. The molecule has 0 heterocycles. The Morgan fingerprint density at radius 2 is 1.40 bits per heavy atom. The molecule has 0 saturated heterocycles. The Morgan fingerprint density at radius 1 is 0.843 bits per heavy atom. The van der Waals surface area contributed by atoms with Crippen molar-refractivity contribution in [1.29, 1.82) is 0 Å². The molecule has 18 heteroatoms. The summed E-state index contributed by atoms with van der Waals surface area (Å²) < 4.78 is 8.49. The quantitative estimate of drug-likeness (QED) is 0.0584. The molecule has 392 valence electrons. The van der Waals surface area contributed by atoms with Gasteiger partial charge in [-0.1, -0.05) is 124 Å². The largest absolute Gasteiger partial charge is 0.444 e. The minimum absolute atomic E-state index is 0.0443. The SMILES string of the molecule is C/C(=C\CN(C)C(=O)C(NC(=O)C(N(C)C(=O)OC(C)(C)C)C(C)(C)c1ccccc1)C(C)(C)C)C(=O)NSc1ccc(C2(NC(=O)CNC(=O)C(N)C(C)C)CC2)cc1.CCC.CCCNC(N)=O. The molecular weight excluding hydrogens is 911 g/mol. The first-order valence-electron chi connectivity index (χ1n) is 24.1. The second kappa shape index (κ2) is 28.3. The van der Waals surface area contributed by atoms with Gasteiger partial charge in [-0.2, -0.15) is 0 Å². The maximum Gasteiger partial charge on any atom is 0.410 e. The van der Waals surface area contributed by atoms with Crippen molar-refractivity contribution < 1.29 is 38.3 Å². The lowest BCUT2D eigenvalue weighted by Gasteiger charge is -2.42. The molecule has 0 bridgehead atoms. The van der Waals surface area contributed by atoms with E-state index in [2.05, 4.69) is 39.8 Å². The lowest BCUT2D eigenvalue weighted by Crippen LogP contribution is -2.62. The molecule has 0 spiro atoms. The van der Waals surface area contributed by atoms with Crippen LogP contribution in [0.15, 0.2) is 71.1 Å². The van der Waals surface area contributed by atoms with Crippen LogP contribution in [0, 0.1) is 11.3 Å². The number of ether oxygens (including phenoxy) is 1. The molecule has 3 atom stereocenters. The molecule has 2 aromatic rings. The van der Waals surface area contributed by atoms with Gasteiger partial charge in [-0.05, 0) is 93.5 Å². The molecule has 1 saturated carbocycles. The molecule has 9 N–H and O–H groups in total. The van der Waals surface area contributed by atoms with Crippen molar-refractivity contribution in [2.24, 2.45) is 22.8 Å². The van der Waals surface area contributed by atoms with Crippen molar-refractivity contribution in [3.63, 3.8) is 0 Å². The van der Waals surface area contributed by atoms with E-state index in [1.165, 1.54) is 23.3 Å². The van der Waals surface area contributed by atoms with Gasteiger partial charge in [0.25, 0.3) is 5.91 Å². The van der Waals surface area contributed by atoms with Gasteiger partial charge < -0.3 is 42.4 Å². The number of hydrogen-bond donors (Lipinski definition) is 7. The van der Waals surface area contributed by atoms with E-state index in [0.717, 1.165) is 47.2 Å². The number of benzene rings is 2. The van der Waals surface area contributed by atoms with E-state index >= 15 is 0 Å². The maximum atomic E-state index is 14.4. The van der Waals surface area contributed by atoms with Gasteiger partial charge in [0.15, 0.2) is 0 Å². The zero-order valence-corrected chi connectivity index (χ0v) is 45.6. The fraction of sp³-hybridized carbons (Fsp3) is 0.596. The van der Waals surface area contributed by atoms with Crippen molar-refractivity contribution in [3.05, 3.63) is 77.4 Å². The van der Waals surface area contributed by atoms with Gasteiger partial charge >= 0.3 is 12.1 Å². The summed E-state index contributed by atoms with van der Waals surface area (Å²) in [5.41, 5.74) is 9.84. The number of carbonyl (C=O) groups excluding carboxylic acids is 7. The van der Waals surface area contributed by atoms with Gasteiger partial charge in [0.2, 0.25) is 23.6 Å². The van der Waals surface area contributed by atoms with E-state index in [-0.39, 0.29) is 42.6 Å². The summed E-state index contributed by atoms with van der Waals surface area (Å²) in [5.74, 6) is -1.93. The average molecular weight is 996 g/mol. The van der Waals surface area contributed by atoms with E-state index in [4.69, 9.17) is 16.2 Å². The number of primary amides is 1. The number of nitrogens with one attached hydrogen (secondary N) is 5. The second-order valence-electron chi connectivity index (χ2n) is 20.7. The minimum atomic E-state index is -1.05. The van der Waals surface area contributed by atoms with Crippen molar-refractivity contribution in [1.82, 2.24) is 35.8 Å². The Balaban J connectivity index is 0.00000221. The fourth-order valence-corrected chi connectivity index (χ4v) is 7.43. The van der Waals surface area contributed by atoms with E-state index in [0.29, 0.717) is 12.1 Å². The van der Waals surface area contributed by atoms with Gasteiger partial charge in [-0.3, -0.25) is 33.6 Å². The third-order valence-electron chi connectivity index (χ3n) is 11.1. The van der Waals surface area contributed by atoms with Crippen LogP contribution in [0.3, 0.4) is 0 Å². The first-order valence-corrected chi connectivity index (χ1v) is 24.9. The van der Waals surface area contributed by atoms with Crippen LogP contribution in [0.4, 0.5) is 9.59 Å². The molecule has 3 rings (SSSR count). The monoisotopic (exact) mass is 996 g/mol. The van der Waals surface area contributed by atoms with Crippen LogP contribution < -0.4 is 37.5 Å². The summed E-state index contributed by atoms with van der Waals surface area (Å²) in [5, 5.41) is 11.0. The Labute approximate surface area is 422 Å². The van der Waals surface area contributed by atoms with Gasteiger partial charge in [0.1, 0.15) is 17.7 Å². The van der Waals surface area contributed by atoms with E-state index in [1.54, 1.807) is 40.8 Å². The first-order chi connectivity index (χ1) is 32.4. The number of rotatable bonds is 19. The van der Waals surface area contributed by atoms with Gasteiger partial charge in [-0.25, -0.2) is 9.59 Å². The highest BCUT2D eigenvalue weighted by atomic mass is 32.2. The lowest BCUT2D eigenvalue weighted by molar-refractivity contribution is -0.140. The molecule has 0 aliphatic heterocycles. The third kappa shape index (κ3) is 20.8. The Bertz CT molecular complexity index is 2060. The number of urea groups is 1. The van der Waals surface area contributed by atoms with Crippen molar-refractivity contribution in [2.45, 2.75) is 162 Å². The van der Waals surface area contributed by atoms with Crippen molar-refractivity contribution >= 4 is 53.6 Å². The van der Waals surface area contributed by atoms with E-state index in [9.17, 15) is 33.6 Å². The molecule has 1 aliphatic rings. The van der Waals surface area contributed by atoms with Crippen LogP contribution in [-0.2, 0) is 39.7 Å². The van der Waals surface area contributed by atoms with Crippen molar-refractivity contribution in [2.75, 3.05) is 33.7 Å². The molecule has 70 heavy (non-hydrogen) atoms. The smallest absolute Gasteiger partial charge is 0.410 e. The number of hydrogen-bond acceptors (Lipinski definition) is 10. The van der Waals surface area contributed by atoms with Crippen LogP contribution in [-0.4, -0.2) is 109 Å². The summed E-state index contributed by atoms with van der Waals surface area (Å²) in [4.78, 5) is 93.0. The van der Waals surface area contributed by atoms with Crippen LogP contribution >= 0.6 is 11.9 Å². The summed E-state index contributed by atoms with van der Waals surface area (Å²) in [7, 11) is 3.13. The highest BCUT2D eigenvalue weighted by Gasteiger charge is 2.47. The van der Waals surface area contributed by atoms with Gasteiger partial charge in [-0.15, -0.1) is 0 Å². The average Bonchev–Trinajstić information content (AvgIpc) is 4.06. The highest BCUT2D eigenvalue weighted by Crippen LogP contribution is 2.45. The molecular formula is C52H85N9O8S. The molecule has 1 aliphatic carbocycles. The van der Waals surface area contributed by atoms with Crippen molar-refractivity contribution in [3.8, 4) is 0 Å². The van der Waals surface area contributed by atoms with Crippen LogP contribution in [0.2, 0.25) is 0 Å². The molecule has 0 radical (unpaired) electrons. The second-order valence-corrected chi connectivity index (χ2v) is 21.5. The molecule has 3 unspecified atom stereocenters. The molecule has 17 nitrogen and oxygen atoms in total. The zero-order chi connectivity index (χ0) is 53.8. The number of carbonyl (C=O) groups is 7. The van der Waals surface area contributed by atoms with E-state index in [1.807, 2.05) is 110 Å². The number of amides is 8. The lowest BCUT2D eigenvalue weighted by atomic mass is 9.76. The summed E-state index contributed by atoms with van der Waals surface area (Å²) >= 11 is 1.14. The Morgan fingerprint density at radius 3 is 1.86 bits per heavy atom. The normalized spacial score (nSPS) is 14.3. The van der Waals surface area contributed by atoms with Crippen LogP contribution in [0.5, 0.6) is 0 Å². The van der Waals surface area contributed by atoms with E-state index < -0.39 is 58.1 Å². The van der Waals surface area contributed by atoms with Gasteiger partial charge in [0, 0.05) is 43.1 Å². The Hall–Kier alpha value is -5.62. The maximum absolute atomic E-state index is 14.4. The standard InChI is InChI=1S/C45H67N7O7S.C4H10N2O.C3H8/c1-28(2)34(46)38(55)47-27-33(53)49-45(24-25-45)31-19-21-32(22-20-31)60-50-37(54)29(3)23-26-51(12)40(57)35(42(4,5)6)48-39(56)36(52(13)41(58)59-43(7,8)9)44(10,11)30-17-15-14-16-18-30;1-2-3-6-4(5)7;1-3-2/h14-23,28,34-36H,24-27,46H2,1-13H3,(H,47,55)(H,48,56)(H,49,53)(H,50,54);2-3H2,1H3,(H3,5,6,7);3H2,1-2H3/b29-23+;;. The summed E-state index contributed by atoms with van der Waals surface area (Å²) in [6, 6.07) is 13.8. The highest BCUT2D eigenvalue weighted by molar-refractivity contribution is 7.98. The van der Waals surface area contributed by atoms with Crippen LogP contribution in [0.1, 0.15) is 134 Å². The minimum Gasteiger partial charge on any atom is -0.444 e. The fourth-order valence-electron chi connectivity index (χ4n) is 6.79. The number of likely N-dealkylation sites (N-methyl/N-ethyl adjacent to an activating group) is 2. The Kier molecular flexibility index (Phi) is 25.2. The predicted octanol–water partition coefficient (Wildman–Crippen LogP) is 6.64. The van der Waals surface area contributed by atoms with Crippen LogP contribution in [0.25, 0.3) is 0 Å². The molecule has 2 aromatic carbocycles. The third-order valence-corrected chi connectivity index (χ3v) is 11.9. The first kappa shape index (κ1) is 62.4. The zero-order valence-electron chi connectivity index (χ0n) is 44.8. The molecule has 1 fully saturated rings. The molecule has 0 aromatic heterocycles. The predicted molar refractivity (Wildman–Crippen MR) is 279 cm³/mol. The molecule has 8 amide bonds.